The number of carbonyl (C=O) groups excluding carboxylic acids is 1. The third-order valence-corrected chi connectivity index (χ3v) is 3.74. The number of nitrogens with zero attached hydrogens (tertiary/aromatic N) is 1. The second-order valence-electron chi connectivity index (χ2n) is 5.67. The number of aromatic carboxylic acids is 1. The van der Waals surface area contributed by atoms with E-state index in [0.717, 1.165) is 13.1 Å². The zero-order valence-corrected chi connectivity index (χ0v) is 13.4. The van der Waals surface area contributed by atoms with E-state index in [1.807, 2.05) is 7.05 Å². The van der Waals surface area contributed by atoms with E-state index >= 15 is 0 Å². The molecule has 1 atom stereocenters. The van der Waals surface area contributed by atoms with Crippen LogP contribution in [0.5, 0.6) is 5.75 Å². The van der Waals surface area contributed by atoms with E-state index in [4.69, 9.17) is 14.6 Å². The van der Waals surface area contributed by atoms with Crippen molar-refractivity contribution in [3.8, 4) is 5.75 Å². The first-order valence-electron chi connectivity index (χ1n) is 7.46. The average Bonchev–Trinajstić information content (AvgIpc) is 2.76. The van der Waals surface area contributed by atoms with Crippen molar-refractivity contribution < 1.29 is 24.2 Å². The number of likely N-dealkylation sites (N-methyl/N-ethyl adjacent to an activating group) is 1. The van der Waals surface area contributed by atoms with Gasteiger partial charge >= 0.3 is 5.97 Å². The molecule has 0 bridgehead atoms. The lowest BCUT2D eigenvalue weighted by atomic mass is 10.1. The van der Waals surface area contributed by atoms with Crippen LogP contribution in [-0.2, 0) is 4.74 Å². The van der Waals surface area contributed by atoms with Crippen molar-refractivity contribution in [2.45, 2.75) is 0 Å². The van der Waals surface area contributed by atoms with Crippen molar-refractivity contribution in [3.63, 3.8) is 0 Å². The van der Waals surface area contributed by atoms with E-state index in [2.05, 4.69) is 10.2 Å². The van der Waals surface area contributed by atoms with E-state index in [0.29, 0.717) is 25.5 Å². The number of carbonyl (C=O) groups is 2. The normalized spacial score (nSPS) is 19.0. The third-order valence-electron chi connectivity index (χ3n) is 3.74. The molecular formula is C16H22N2O5. The van der Waals surface area contributed by atoms with E-state index in [1.54, 1.807) is 0 Å². The van der Waals surface area contributed by atoms with Crippen LogP contribution in [0.4, 0.5) is 0 Å². The number of hydrogen-bond donors (Lipinski definition) is 2. The molecule has 0 aromatic heterocycles. The van der Waals surface area contributed by atoms with Crippen LogP contribution in [0, 0.1) is 5.92 Å². The number of hydrogen-bond acceptors (Lipinski definition) is 5. The van der Waals surface area contributed by atoms with E-state index in [1.165, 1.54) is 25.3 Å². The number of methoxy groups -OCH3 is 1. The number of benzene rings is 1. The molecule has 7 heteroatoms. The zero-order chi connectivity index (χ0) is 16.8. The van der Waals surface area contributed by atoms with Gasteiger partial charge in [0.1, 0.15) is 5.75 Å². The Morgan fingerprint density at radius 1 is 1.39 bits per heavy atom. The second-order valence-corrected chi connectivity index (χ2v) is 5.67. The average molecular weight is 322 g/mol. The van der Waals surface area contributed by atoms with Crippen molar-refractivity contribution in [2.24, 2.45) is 5.92 Å². The minimum absolute atomic E-state index is 0.0204. The van der Waals surface area contributed by atoms with Crippen molar-refractivity contribution in [3.05, 3.63) is 29.3 Å². The smallest absolute Gasteiger partial charge is 0.335 e. The van der Waals surface area contributed by atoms with Crippen LogP contribution < -0.4 is 10.1 Å². The Morgan fingerprint density at radius 3 is 2.83 bits per heavy atom. The topological polar surface area (TPSA) is 88.1 Å². The lowest BCUT2D eigenvalue weighted by molar-refractivity contribution is 0.0696. The maximum Gasteiger partial charge on any atom is 0.335 e. The largest absolute Gasteiger partial charge is 0.497 e. The minimum atomic E-state index is -1.10. The predicted molar refractivity (Wildman–Crippen MR) is 84.1 cm³/mol. The van der Waals surface area contributed by atoms with Crippen LogP contribution in [0.1, 0.15) is 20.7 Å². The van der Waals surface area contributed by atoms with Crippen molar-refractivity contribution >= 4 is 11.9 Å². The molecular weight excluding hydrogens is 300 g/mol. The second kappa shape index (κ2) is 7.94. The van der Waals surface area contributed by atoms with Crippen molar-refractivity contribution in [1.29, 1.82) is 0 Å². The lowest BCUT2D eigenvalue weighted by Crippen LogP contribution is -2.35. The number of ether oxygens (including phenoxy) is 2. The molecule has 1 aliphatic rings. The van der Waals surface area contributed by atoms with Gasteiger partial charge in [0.2, 0.25) is 0 Å². The molecule has 1 amide bonds. The van der Waals surface area contributed by atoms with E-state index in [-0.39, 0.29) is 23.0 Å². The Bertz CT molecular complexity index is 576. The fourth-order valence-corrected chi connectivity index (χ4v) is 2.49. The van der Waals surface area contributed by atoms with Crippen molar-refractivity contribution in [1.82, 2.24) is 10.2 Å². The number of nitrogens with one attached hydrogen (secondary N) is 1. The summed E-state index contributed by atoms with van der Waals surface area (Å²) in [4.78, 5) is 25.6. The van der Waals surface area contributed by atoms with Crippen LogP contribution in [0.3, 0.4) is 0 Å². The number of rotatable bonds is 5. The highest BCUT2D eigenvalue weighted by Crippen LogP contribution is 2.17. The molecule has 1 unspecified atom stereocenters. The first kappa shape index (κ1) is 17.2. The fraction of sp³-hybridized carbons (Fsp3) is 0.500. The van der Waals surface area contributed by atoms with Gasteiger partial charge in [-0.05, 0) is 25.2 Å². The number of amides is 1. The predicted octanol–water partition coefficient (Wildman–Crippen LogP) is 0.701. The molecule has 1 aromatic carbocycles. The molecule has 0 radical (unpaired) electrons. The Kier molecular flexibility index (Phi) is 5.95. The maximum absolute atomic E-state index is 12.3. The van der Waals surface area contributed by atoms with Crippen LogP contribution in [-0.4, -0.2) is 68.9 Å². The molecule has 23 heavy (non-hydrogen) atoms. The molecule has 1 aliphatic heterocycles. The minimum Gasteiger partial charge on any atom is -0.497 e. The van der Waals surface area contributed by atoms with Gasteiger partial charge < -0.3 is 24.8 Å². The zero-order valence-electron chi connectivity index (χ0n) is 13.4. The van der Waals surface area contributed by atoms with Crippen molar-refractivity contribution in [2.75, 3.05) is 47.0 Å². The molecule has 0 spiro atoms. The first-order chi connectivity index (χ1) is 11.0. The Hall–Kier alpha value is -2.12. The maximum atomic E-state index is 12.3. The molecule has 2 rings (SSSR count). The van der Waals surface area contributed by atoms with Crippen LogP contribution in [0.15, 0.2) is 18.2 Å². The number of carboxylic acids is 1. The SMILES string of the molecule is COc1cc(C(=O)O)cc(C(=O)NCC2COCCN(C)C2)c1. The highest BCUT2D eigenvalue weighted by molar-refractivity contribution is 5.98. The van der Waals surface area contributed by atoms with Gasteiger partial charge in [-0.25, -0.2) is 4.79 Å². The Labute approximate surface area is 135 Å². The Morgan fingerprint density at radius 2 is 2.13 bits per heavy atom. The summed E-state index contributed by atoms with van der Waals surface area (Å²) in [6, 6.07) is 4.25. The lowest BCUT2D eigenvalue weighted by Gasteiger charge is -2.19. The van der Waals surface area contributed by atoms with Gasteiger partial charge in [0, 0.05) is 31.1 Å². The van der Waals surface area contributed by atoms with Gasteiger partial charge in [0.25, 0.3) is 5.91 Å². The summed E-state index contributed by atoms with van der Waals surface area (Å²) in [6.45, 7) is 3.49. The summed E-state index contributed by atoms with van der Waals surface area (Å²) in [5, 5.41) is 11.9. The summed E-state index contributed by atoms with van der Waals surface area (Å²) in [5.74, 6) is -0.876. The molecule has 0 saturated carbocycles. The third kappa shape index (κ3) is 4.94. The molecule has 0 aliphatic carbocycles. The van der Waals surface area contributed by atoms with Gasteiger partial charge in [0.15, 0.2) is 0 Å². The fourth-order valence-electron chi connectivity index (χ4n) is 2.49. The highest BCUT2D eigenvalue weighted by Gasteiger charge is 2.18. The molecule has 1 fully saturated rings. The van der Waals surface area contributed by atoms with Crippen LogP contribution >= 0.6 is 0 Å². The molecule has 7 nitrogen and oxygen atoms in total. The molecule has 126 valence electrons. The molecule has 1 heterocycles. The van der Waals surface area contributed by atoms with Gasteiger partial charge in [-0.1, -0.05) is 0 Å². The summed E-state index contributed by atoms with van der Waals surface area (Å²) >= 11 is 0. The summed E-state index contributed by atoms with van der Waals surface area (Å²) in [6.07, 6.45) is 0. The van der Waals surface area contributed by atoms with Gasteiger partial charge in [-0.3, -0.25) is 4.79 Å². The summed E-state index contributed by atoms with van der Waals surface area (Å²) in [7, 11) is 3.45. The van der Waals surface area contributed by atoms with Gasteiger partial charge in [-0.2, -0.15) is 0 Å². The van der Waals surface area contributed by atoms with Gasteiger partial charge in [0.05, 0.1) is 25.9 Å². The van der Waals surface area contributed by atoms with E-state index < -0.39 is 5.97 Å². The summed E-state index contributed by atoms with van der Waals surface area (Å²) in [5.41, 5.74) is 0.289. The quantitative estimate of drug-likeness (QED) is 0.830. The summed E-state index contributed by atoms with van der Waals surface area (Å²) < 4.78 is 10.6. The standard InChI is InChI=1S/C16H22N2O5/c1-18-3-4-23-10-11(9-18)8-17-15(19)12-5-13(16(20)21)7-14(6-12)22-2/h5-7,11H,3-4,8-10H2,1-2H3,(H,17,19)(H,20,21). The van der Waals surface area contributed by atoms with E-state index in [9.17, 15) is 9.59 Å². The Balaban J connectivity index is 2.02. The van der Waals surface area contributed by atoms with Crippen LogP contribution in [0.2, 0.25) is 0 Å². The molecule has 1 saturated heterocycles. The molecule has 2 N–H and O–H groups in total. The first-order valence-corrected chi connectivity index (χ1v) is 7.46. The molecule has 1 aromatic rings. The number of carboxylic acid groups (broad SMARTS) is 1. The highest BCUT2D eigenvalue weighted by atomic mass is 16.5. The van der Waals surface area contributed by atoms with Gasteiger partial charge in [-0.15, -0.1) is 0 Å². The monoisotopic (exact) mass is 322 g/mol. The van der Waals surface area contributed by atoms with Crippen LogP contribution in [0.25, 0.3) is 0 Å².